The lowest BCUT2D eigenvalue weighted by molar-refractivity contribution is -0.274. The van der Waals surface area contributed by atoms with E-state index in [1.54, 1.807) is 12.1 Å². The highest BCUT2D eigenvalue weighted by atomic mass is 19.4. The van der Waals surface area contributed by atoms with Crippen LogP contribution < -0.4 is 14.4 Å². The topological polar surface area (TPSA) is 65.1 Å². The van der Waals surface area contributed by atoms with Crippen molar-refractivity contribution in [3.8, 4) is 22.6 Å². The SMILES string of the molecule is CCC1CCC(Oc2ccc(-c3ccc(OC(F)(F)F)cc3)cc2N(CCCCc2ccccc2)C(=O)C(=O)OC)CCC(C)C1. The zero-order valence-electron chi connectivity index (χ0n) is 26.9. The van der Waals surface area contributed by atoms with E-state index in [-0.39, 0.29) is 18.4 Å². The Morgan fingerprint density at radius 1 is 0.891 bits per heavy atom. The summed E-state index contributed by atoms with van der Waals surface area (Å²) >= 11 is 0. The number of hydrogen-bond acceptors (Lipinski definition) is 5. The van der Waals surface area contributed by atoms with Gasteiger partial charge < -0.3 is 14.2 Å². The van der Waals surface area contributed by atoms with Gasteiger partial charge in [0.2, 0.25) is 0 Å². The van der Waals surface area contributed by atoms with Crippen molar-refractivity contribution in [2.45, 2.75) is 84.1 Å². The van der Waals surface area contributed by atoms with E-state index >= 15 is 0 Å². The number of carbonyl (C=O) groups is 2. The summed E-state index contributed by atoms with van der Waals surface area (Å²) in [6.45, 7) is 4.75. The maximum absolute atomic E-state index is 13.5. The van der Waals surface area contributed by atoms with Gasteiger partial charge in [0.15, 0.2) is 0 Å². The standard InChI is InChI=1S/C37H44F3NO5/c1-4-27-14-19-31(18-13-26(2)24-27)45-34-22-17-30(29-15-20-32(21-16-29)46-37(38,39)40)25-33(34)41(35(42)36(43)44-3)23-9-8-12-28-10-6-5-7-11-28/h5-7,10-11,15-17,20-22,25-27,31H,4,8-9,12-14,18-19,23-24H2,1-3H3. The second kappa shape index (κ2) is 16.5. The summed E-state index contributed by atoms with van der Waals surface area (Å²) in [6.07, 6.45) is 3.53. The van der Waals surface area contributed by atoms with Gasteiger partial charge in [0.05, 0.1) is 18.9 Å². The van der Waals surface area contributed by atoms with Gasteiger partial charge in [0.25, 0.3) is 0 Å². The van der Waals surface area contributed by atoms with Crippen molar-refractivity contribution in [2.24, 2.45) is 11.8 Å². The van der Waals surface area contributed by atoms with Crippen LogP contribution in [0.3, 0.4) is 0 Å². The minimum atomic E-state index is -4.80. The van der Waals surface area contributed by atoms with E-state index in [0.717, 1.165) is 44.9 Å². The number of rotatable bonds is 11. The number of benzene rings is 3. The molecular weight excluding hydrogens is 595 g/mol. The van der Waals surface area contributed by atoms with Crippen LogP contribution in [-0.4, -0.2) is 38.0 Å². The van der Waals surface area contributed by atoms with Crippen LogP contribution in [0.4, 0.5) is 18.9 Å². The van der Waals surface area contributed by atoms with Crippen molar-refractivity contribution in [3.63, 3.8) is 0 Å². The Bertz CT molecular complexity index is 1410. The Morgan fingerprint density at radius 2 is 1.59 bits per heavy atom. The van der Waals surface area contributed by atoms with Crippen LogP contribution in [0, 0.1) is 11.8 Å². The molecule has 3 aromatic carbocycles. The zero-order chi connectivity index (χ0) is 33.1. The molecule has 1 aliphatic carbocycles. The van der Waals surface area contributed by atoms with E-state index in [0.29, 0.717) is 40.8 Å². The van der Waals surface area contributed by atoms with Crippen LogP contribution in [0.1, 0.15) is 70.8 Å². The van der Waals surface area contributed by atoms with E-state index in [1.807, 2.05) is 24.3 Å². The van der Waals surface area contributed by atoms with Crippen LogP contribution in [0.15, 0.2) is 72.8 Å². The maximum Gasteiger partial charge on any atom is 0.573 e. The molecule has 3 aromatic rings. The summed E-state index contributed by atoms with van der Waals surface area (Å²) < 4.78 is 53.7. The molecule has 1 aliphatic rings. The largest absolute Gasteiger partial charge is 0.573 e. The second-order valence-corrected chi connectivity index (χ2v) is 12.2. The number of unbranched alkanes of at least 4 members (excludes halogenated alkanes) is 1. The molecule has 0 aromatic heterocycles. The Balaban J connectivity index is 1.66. The first-order chi connectivity index (χ1) is 22.1. The fourth-order valence-corrected chi connectivity index (χ4v) is 6.14. The molecule has 0 radical (unpaired) electrons. The number of halogens is 3. The lowest BCUT2D eigenvalue weighted by Gasteiger charge is -2.30. The van der Waals surface area contributed by atoms with Crippen LogP contribution in [0.25, 0.3) is 11.1 Å². The summed E-state index contributed by atoms with van der Waals surface area (Å²) in [4.78, 5) is 27.5. The minimum Gasteiger partial charge on any atom is -0.488 e. The first kappa shape index (κ1) is 34.9. The summed E-state index contributed by atoms with van der Waals surface area (Å²) in [5.74, 6) is -0.429. The van der Waals surface area contributed by atoms with Crippen LogP contribution in [0.2, 0.25) is 0 Å². The summed E-state index contributed by atoms with van der Waals surface area (Å²) in [6, 6.07) is 20.9. The van der Waals surface area contributed by atoms with Gasteiger partial charge in [-0.2, -0.15) is 0 Å². The predicted molar refractivity (Wildman–Crippen MR) is 173 cm³/mol. The second-order valence-electron chi connectivity index (χ2n) is 12.2. The highest BCUT2D eigenvalue weighted by Gasteiger charge is 2.31. The fraction of sp³-hybridized carbons (Fsp3) is 0.459. The van der Waals surface area contributed by atoms with Gasteiger partial charge in [-0.25, -0.2) is 4.79 Å². The van der Waals surface area contributed by atoms with E-state index in [1.165, 1.54) is 48.3 Å². The van der Waals surface area contributed by atoms with Crippen molar-refractivity contribution in [1.82, 2.24) is 0 Å². The molecule has 46 heavy (non-hydrogen) atoms. The van der Waals surface area contributed by atoms with Crippen LogP contribution in [-0.2, 0) is 20.7 Å². The first-order valence-electron chi connectivity index (χ1n) is 16.2. The molecule has 248 valence electrons. The van der Waals surface area contributed by atoms with Gasteiger partial charge in [0.1, 0.15) is 11.5 Å². The molecule has 0 N–H and O–H groups in total. The van der Waals surface area contributed by atoms with Crippen molar-refractivity contribution in [3.05, 3.63) is 78.4 Å². The molecule has 0 saturated heterocycles. The predicted octanol–water partition coefficient (Wildman–Crippen LogP) is 9.15. The monoisotopic (exact) mass is 639 g/mol. The van der Waals surface area contributed by atoms with E-state index < -0.39 is 18.2 Å². The van der Waals surface area contributed by atoms with Gasteiger partial charge in [-0.1, -0.05) is 68.8 Å². The number of anilines is 1. The molecule has 3 atom stereocenters. The average molecular weight is 640 g/mol. The molecule has 1 saturated carbocycles. The number of esters is 1. The zero-order valence-corrected chi connectivity index (χ0v) is 26.9. The summed E-state index contributed by atoms with van der Waals surface area (Å²) in [5, 5.41) is 0. The van der Waals surface area contributed by atoms with E-state index in [9.17, 15) is 22.8 Å². The van der Waals surface area contributed by atoms with Gasteiger partial charge in [0, 0.05) is 6.54 Å². The Morgan fingerprint density at radius 3 is 2.26 bits per heavy atom. The molecule has 0 bridgehead atoms. The van der Waals surface area contributed by atoms with E-state index in [4.69, 9.17) is 9.47 Å². The lowest BCUT2D eigenvalue weighted by Crippen LogP contribution is -2.38. The molecular formula is C37H44F3NO5. The Labute approximate surface area is 269 Å². The number of carbonyl (C=O) groups excluding carboxylic acids is 2. The van der Waals surface area contributed by atoms with Crippen LogP contribution in [0.5, 0.6) is 11.5 Å². The molecule has 4 rings (SSSR count). The summed E-state index contributed by atoms with van der Waals surface area (Å²) in [7, 11) is 1.17. The fourth-order valence-electron chi connectivity index (χ4n) is 6.14. The highest BCUT2D eigenvalue weighted by Crippen LogP contribution is 2.38. The number of methoxy groups -OCH3 is 1. The number of ether oxygens (including phenoxy) is 3. The first-order valence-corrected chi connectivity index (χ1v) is 16.2. The maximum atomic E-state index is 13.5. The number of aryl methyl sites for hydroxylation is 1. The third kappa shape index (κ3) is 10.3. The number of alkyl halides is 3. The molecule has 1 fully saturated rings. The molecule has 0 aliphatic heterocycles. The number of hydrogen-bond donors (Lipinski definition) is 0. The molecule has 0 spiro atoms. The van der Waals surface area contributed by atoms with Gasteiger partial charge in [-0.15, -0.1) is 13.2 Å². The van der Waals surface area contributed by atoms with Crippen molar-refractivity contribution in [1.29, 1.82) is 0 Å². The normalized spacial score (nSPS) is 18.6. The summed E-state index contributed by atoms with van der Waals surface area (Å²) in [5.41, 5.74) is 2.86. The lowest BCUT2D eigenvalue weighted by atomic mass is 9.83. The Hall–Kier alpha value is -4.01. The third-order valence-electron chi connectivity index (χ3n) is 8.70. The number of amides is 1. The minimum absolute atomic E-state index is 0.0617. The highest BCUT2D eigenvalue weighted by molar-refractivity contribution is 6.38. The molecule has 0 heterocycles. The molecule has 6 nitrogen and oxygen atoms in total. The van der Waals surface area contributed by atoms with Crippen molar-refractivity contribution in [2.75, 3.05) is 18.6 Å². The average Bonchev–Trinajstić information content (AvgIpc) is 3.04. The quantitative estimate of drug-likeness (QED) is 0.119. The van der Waals surface area contributed by atoms with E-state index in [2.05, 4.69) is 30.7 Å². The molecule has 1 amide bonds. The third-order valence-corrected chi connectivity index (χ3v) is 8.70. The Kier molecular flexibility index (Phi) is 12.5. The van der Waals surface area contributed by atoms with Crippen molar-refractivity contribution >= 4 is 17.6 Å². The van der Waals surface area contributed by atoms with Crippen LogP contribution >= 0.6 is 0 Å². The molecule has 9 heteroatoms. The molecule has 3 unspecified atom stereocenters. The van der Waals surface area contributed by atoms with Gasteiger partial charge in [-0.05, 0) is 104 Å². The van der Waals surface area contributed by atoms with Gasteiger partial charge in [-0.3, -0.25) is 9.69 Å². The number of nitrogens with zero attached hydrogens (tertiary/aromatic N) is 1. The van der Waals surface area contributed by atoms with Gasteiger partial charge >= 0.3 is 18.2 Å². The smallest absolute Gasteiger partial charge is 0.488 e. The van der Waals surface area contributed by atoms with Crippen molar-refractivity contribution < 1.29 is 37.0 Å².